The summed E-state index contributed by atoms with van der Waals surface area (Å²) in [5, 5.41) is 22.3. The van der Waals surface area contributed by atoms with Crippen LogP contribution in [-0.2, 0) is 0 Å². The predicted octanol–water partition coefficient (Wildman–Crippen LogP) is 3.98. The van der Waals surface area contributed by atoms with Gasteiger partial charge in [-0.1, -0.05) is 36.4 Å². The Labute approximate surface area is 188 Å². The monoisotopic (exact) mass is 446 g/mol. The number of ether oxygens (including phenoxy) is 1. The average Bonchev–Trinajstić information content (AvgIpc) is 2.76. The largest absolute Gasteiger partial charge is 0.507 e. The molecule has 3 aromatic carbocycles. The number of rotatable bonds is 6. The third kappa shape index (κ3) is 5.21. The van der Waals surface area contributed by atoms with E-state index in [1.165, 1.54) is 6.07 Å². The first kappa shape index (κ1) is 23.1. The van der Waals surface area contributed by atoms with Gasteiger partial charge >= 0.3 is 0 Å². The minimum absolute atomic E-state index is 0. The smallest absolute Gasteiger partial charge is 0.146 e. The number of aliphatic hydroxyl groups excluding tert-OH is 1. The van der Waals surface area contributed by atoms with Gasteiger partial charge in [-0.05, 0) is 30.7 Å². The lowest BCUT2D eigenvalue weighted by Gasteiger charge is -2.37. The lowest BCUT2D eigenvalue weighted by atomic mass is 10.0. The van der Waals surface area contributed by atoms with Crippen molar-refractivity contribution in [1.29, 1.82) is 0 Å². The highest BCUT2D eigenvalue weighted by atomic mass is 35.5. The van der Waals surface area contributed by atoms with Gasteiger partial charge in [0.1, 0.15) is 30.0 Å². The molecule has 1 fully saturated rings. The van der Waals surface area contributed by atoms with E-state index in [0.29, 0.717) is 18.0 Å². The number of para-hydroxylation sites is 1. The van der Waals surface area contributed by atoms with Crippen LogP contribution in [0.15, 0.2) is 54.6 Å². The van der Waals surface area contributed by atoms with Crippen molar-refractivity contribution in [1.82, 2.24) is 4.90 Å². The van der Waals surface area contributed by atoms with Gasteiger partial charge in [0, 0.05) is 43.5 Å². The van der Waals surface area contributed by atoms with Crippen molar-refractivity contribution in [3.63, 3.8) is 0 Å². The molecule has 0 aromatic heterocycles. The van der Waals surface area contributed by atoms with Crippen LogP contribution in [0.5, 0.6) is 11.5 Å². The molecule has 3 aromatic rings. The molecule has 1 aliphatic rings. The number of benzene rings is 3. The minimum Gasteiger partial charge on any atom is -0.507 e. The summed E-state index contributed by atoms with van der Waals surface area (Å²) in [6, 6.07) is 16.2. The van der Waals surface area contributed by atoms with E-state index in [1.54, 1.807) is 18.2 Å². The minimum atomic E-state index is -0.641. The van der Waals surface area contributed by atoms with Crippen molar-refractivity contribution in [2.45, 2.75) is 13.0 Å². The van der Waals surface area contributed by atoms with Crippen LogP contribution >= 0.6 is 12.4 Å². The van der Waals surface area contributed by atoms with E-state index in [2.05, 4.69) is 4.90 Å². The van der Waals surface area contributed by atoms with Crippen molar-refractivity contribution in [3.8, 4) is 11.5 Å². The highest BCUT2D eigenvalue weighted by molar-refractivity contribution is 5.94. The Balaban J connectivity index is 0.00000272. The van der Waals surface area contributed by atoms with Crippen molar-refractivity contribution in [2.75, 3.05) is 44.2 Å². The van der Waals surface area contributed by atoms with E-state index in [0.717, 1.165) is 42.5 Å². The number of phenolic OH excluding ortho intramolecular Hbond substituents is 1. The standard InChI is InChI=1S/C24H27FN2O3.ClH/c1-17-14-23(19-6-2-3-7-20(19)24(17)29)30-16-18(28)15-26-10-12-27(13-11-26)22-9-5-4-8-21(22)25;/h2-9,14,18,28-29H,10-13,15-16H2,1H3;1H. The summed E-state index contributed by atoms with van der Waals surface area (Å²) in [5.41, 5.74) is 1.37. The van der Waals surface area contributed by atoms with Crippen LogP contribution in [0, 0.1) is 12.7 Å². The number of anilines is 1. The third-order valence-electron chi connectivity index (χ3n) is 5.63. The Morgan fingerprint density at radius 3 is 2.35 bits per heavy atom. The van der Waals surface area contributed by atoms with Crippen molar-refractivity contribution >= 4 is 28.9 Å². The van der Waals surface area contributed by atoms with Gasteiger partial charge in [0.25, 0.3) is 0 Å². The van der Waals surface area contributed by atoms with E-state index < -0.39 is 6.10 Å². The molecule has 2 N–H and O–H groups in total. The first-order chi connectivity index (χ1) is 14.5. The van der Waals surface area contributed by atoms with Crippen molar-refractivity contribution in [3.05, 3.63) is 66.0 Å². The number of halogens is 2. The van der Waals surface area contributed by atoms with Crippen LogP contribution in [0.3, 0.4) is 0 Å². The van der Waals surface area contributed by atoms with Crippen LogP contribution in [-0.4, -0.2) is 60.5 Å². The molecule has 1 unspecified atom stereocenters. The van der Waals surface area contributed by atoms with Crippen molar-refractivity contribution < 1.29 is 19.3 Å². The molecular weight excluding hydrogens is 419 g/mol. The Hall–Kier alpha value is -2.54. The number of aromatic hydroxyl groups is 1. The third-order valence-corrected chi connectivity index (χ3v) is 5.63. The first-order valence-corrected chi connectivity index (χ1v) is 10.3. The van der Waals surface area contributed by atoms with Gasteiger partial charge in [0.15, 0.2) is 0 Å². The summed E-state index contributed by atoms with van der Waals surface area (Å²) < 4.78 is 19.9. The number of phenols is 1. The molecule has 166 valence electrons. The maximum Gasteiger partial charge on any atom is 0.146 e. The Kier molecular flexibility index (Phi) is 7.59. The van der Waals surface area contributed by atoms with E-state index in [-0.39, 0.29) is 30.6 Å². The molecule has 0 radical (unpaired) electrons. The fraction of sp³-hybridized carbons (Fsp3) is 0.333. The molecule has 0 spiro atoms. The molecule has 1 atom stereocenters. The van der Waals surface area contributed by atoms with Gasteiger partial charge < -0.3 is 19.8 Å². The first-order valence-electron chi connectivity index (χ1n) is 10.3. The summed E-state index contributed by atoms with van der Waals surface area (Å²) in [6.07, 6.45) is -0.641. The molecule has 5 nitrogen and oxygen atoms in total. The Morgan fingerprint density at radius 2 is 1.65 bits per heavy atom. The number of aliphatic hydroxyl groups is 1. The lowest BCUT2D eigenvalue weighted by molar-refractivity contribution is 0.0667. The van der Waals surface area contributed by atoms with E-state index in [1.807, 2.05) is 42.2 Å². The van der Waals surface area contributed by atoms with Crippen LogP contribution in [0.25, 0.3) is 10.8 Å². The summed E-state index contributed by atoms with van der Waals surface area (Å²) in [6.45, 7) is 5.45. The van der Waals surface area contributed by atoms with Crippen molar-refractivity contribution in [2.24, 2.45) is 0 Å². The predicted molar refractivity (Wildman–Crippen MR) is 124 cm³/mol. The zero-order chi connectivity index (χ0) is 21.1. The van der Waals surface area contributed by atoms with Gasteiger partial charge in [-0.25, -0.2) is 4.39 Å². The number of hydrogen-bond donors (Lipinski definition) is 2. The highest BCUT2D eigenvalue weighted by Crippen LogP contribution is 2.35. The second-order valence-electron chi connectivity index (χ2n) is 7.79. The summed E-state index contributed by atoms with van der Waals surface area (Å²) in [4.78, 5) is 4.21. The van der Waals surface area contributed by atoms with Crippen LogP contribution in [0.1, 0.15) is 5.56 Å². The van der Waals surface area contributed by atoms with Crippen LogP contribution in [0.4, 0.5) is 10.1 Å². The SMILES string of the molecule is Cc1cc(OCC(O)CN2CCN(c3ccccc3F)CC2)c2ccccc2c1O.Cl. The zero-order valence-electron chi connectivity index (χ0n) is 17.5. The maximum absolute atomic E-state index is 14.0. The van der Waals surface area contributed by atoms with E-state index in [9.17, 15) is 14.6 Å². The molecule has 0 aliphatic carbocycles. The van der Waals surface area contributed by atoms with E-state index >= 15 is 0 Å². The molecule has 31 heavy (non-hydrogen) atoms. The van der Waals surface area contributed by atoms with E-state index in [4.69, 9.17) is 4.74 Å². The second kappa shape index (κ2) is 10.2. The van der Waals surface area contributed by atoms with Crippen LogP contribution in [0.2, 0.25) is 0 Å². The van der Waals surface area contributed by atoms with Crippen LogP contribution < -0.4 is 9.64 Å². The summed E-state index contributed by atoms with van der Waals surface area (Å²) in [5.74, 6) is 0.714. The van der Waals surface area contributed by atoms with Gasteiger partial charge in [-0.2, -0.15) is 0 Å². The number of hydrogen-bond acceptors (Lipinski definition) is 5. The quantitative estimate of drug-likeness (QED) is 0.600. The number of fused-ring (bicyclic) bond motifs is 1. The normalized spacial score (nSPS) is 15.5. The molecule has 0 saturated carbocycles. The van der Waals surface area contributed by atoms with Gasteiger partial charge in [-0.15, -0.1) is 12.4 Å². The molecule has 7 heteroatoms. The molecular formula is C24H28ClFN2O3. The number of nitrogens with zero attached hydrogens (tertiary/aromatic N) is 2. The summed E-state index contributed by atoms with van der Waals surface area (Å²) >= 11 is 0. The molecule has 0 bridgehead atoms. The highest BCUT2D eigenvalue weighted by Gasteiger charge is 2.21. The molecule has 1 aliphatic heterocycles. The zero-order valence-corrected chi connectivity index (χ0v) is 18.3. The number of aryl methyl sites for hydroxylation is 1. The summed E-state index contributed by atoms with van der Waals surface area (Å²) in [7, 11) is 0. The van der Waals surface area contributed by atoms with Gasteiger partial charge in [0.2, 0.25) is 0 Å². The molecule has 1 heterocycles. The average molecular weight is 447 g/mol. The Bertz CT molecular complexity index is 1020. The second-order valence-corrected chi connectivity index (χ2v) is 7.79. The number of piperazine rings is 1. The van der Waals surface area contributed by atoms with Gasteiger partial charge in [-0.3, -0.25) is 4.90 Å². The molecule has 0 amide bonds. The van der Waals surface area contributed by atoms with Gasteiger partial charge in [0.05, 0.1) is 5.69 Å². The fourth-order valence-electron chi connectivity index (χ4n) is 4.00. The number of β-amino-alcohol motifs (C(OH)–C–C–N with tert-alkyl or cyclic N) is 1. The molecule has 4 rings (SSSR count). The Morgan fingerprint density at radius 1 is 1.00 bits per heavy atom. The lowest BCUT2D eigenvalue weighted by Crippen LogP contribution is -2.49. The fourth-order valence-corrected chi connectivity index (χ4v) is 4.00. The molecule has 1 saturated heterocycles. The maximum atomic E-state index is 14.0. The topological polar surface area (TPSA) is 56.2 Å².